The van der Waals surface area contributed by atoms with E-state index in [0.29, 0.717) is 0 Å². The molecule has 0 radical (unpaired) electrons. The number of hydrogen-bond donors (Lipinski definition) is 1. The molecule has 1 aromatic heterocycles. The molecule has 5 heteroatoms. The van der Waals surface area contributed by atoms with Crippen LogP contribution >= 0.6 is 11.3 Å². The predicted octanol–water partition coefficient (Wildman–Crippen LogP) is 2.69. The summed E-state index contributed by atoms with van der Waals surface area (Å²) < 4.78 is 5.28. The maximum absolute atomic E-state index is 8.49. The van der Waals surface area contributed by atoms with E-state index in [2.05, 4.69) is 15.7 Å². The van der Waals surface area contributed by atoms with Gasteiger partial charge in [0.1, 0.15) is 11.8 Å². The number of nitrogens with one attached hydrogen (secondary N) is 1. The fourth-order valence-electron chi connectivity index (χ4n) is 1.81. The Morgan fingerprint density at radius 3 is 3.10 bits per heavy atom. The first-order valence-electron chi connectivity index (χ1n) is 6.48. The van der Waals surface area contributed by atoms with Crippen LogP contribution in [-0.2, 0) is 13.0 Å². The van der Waals surface area contributed by atoms with Crippen molar-refractivity contribution >= 4 is 11.3 Å². The zero-order chi connectivity index (χ0) is 14.2. The fraction of sp³-hybridized carbons (Fsp3) is 0.333. The molecular weight excluding hydrogens is 270 g/mol. The highest BCUT2D eigenvalue weighted by molar-refractivity contribution is 7.09. The Balaban J connectivity index is 1.75. The lowest BCUT2D eigenvalue weighted by Gasteiger charge is -2.06. The van der Waals surface area contributed by atoms with Crippen LogP contribution in [0.25, 0.3) is 0 Å². The Morgan fingerprint density at radius 2 is 2.35 bits per heavy atom. The molecule has 2 rings (SSSR count). The molecule has 20 heavy (non-hydrogen) atoms. The Hall–Kier alpha value is -1.90. The molecule has 1 N–H and O–H groups in total. The Morgan fingerprint density at radius 1 is 1.45 bits per heavy atom. The van der Waals surface area contributed by atoms with Gasteiger partial charge in [0.05, 0.1) is 5.01 Å². The van der Waals surface area contributed by atoms with E-state index in [1.54, 1.807) is 11.3 Å². The lowest BCUT2D eigenvalue weighted by molar-refractivity contribution is 0.367. The topological polar surface area (TPSA) is 57.9 Å². The van der Waals surface area contributed by atoms with E-state index in [0.717, 1.165) is 36.5 Å². The van der Waals surface area contributed by atoms with E-state index in [1.165, 1.54) is 5.01 Å². The van der Waals surface area contributed by atoms with Gasteiger partial charge in [0.2, 0.25) is 0 Å². The molecule has 0 fully saturated rings. The van der Waals surface area contributed by atoms with Gasteiger partial charge in [-0.1, -0.05) is 12.1 Å². The van der Waals surface area contributed by atoms with Crippen molar-refractivity contribution < 1.29 is 4.74 Å². The minimum absolute atomic E-state index is 0.0836. The van der Waals surface area contributed by atoms with E-state index in [4.69, 9.17) is 10.00 Å². The summed E-state index contributed by atoms with van der Waals surface area (Å²) in [4.78, 5) is 4.43. The molecule has 0 saturated carbocycles. The average molecular weight is 287 g/mol. The molecule has 0 aliphatic heterocycles. The molecule has 1 aromatic carbocycles. The van der Waals surface area contributed by atoms with Gasteiger partial charge < -0.3 is 10.1 Å². The zero-order valence-corrected chi connectivity index (χ0v) is 12.2. The molecule has 0 saturated heterocycles. The second kappa shape index (κ2) is 7.63. The van der Waals surface area contributed by atoms with E-state index >= 15 is 0 Å². The van der Waals surface area contributed by atoms with Crippen molar-refractivity contribution in [3.05, 3.63) is 45.9 Å². The highest BCUT2D eigenvalue weighted by Crippen LogP contribution is 2.13. The number of thiazole rings is 1. The van der Waals surface area contributed by atoms with E-state index < -0.39 is 0 Å². The first-order valence-corrected chi connectivity index (χ1v) is 7.36. The summed E-state index contributed by atoms with van der Waals surface area (Å²) in [5.41, 5.74) is 2.24. The van der Waals surface area contributed by atoms with Crippen molar-refractivity contribution in [1.82, 2.24) is 10.3 Å². The molecule has 0 amide bonds. The SMILES string of the molecule is Cc1csc(CCNCc2cccc(OCC#N)c2)n1. The maximum Gasteiger partial charge on any atom is 0.174 e. The average Bonchev–Trinajstić information content (AvgIpc) is 2.87. The minimum atomic E-state index is 0.0836. The van der Waals surface area contributed by atoms with E-state index in [1.807, 2.05) is 37.3 Å². The molecule has 0 aliphatic carbocycles. The van der Waals surface area contributed by atoms with E-state index in [9.17, 15) is 0 Å². The fourth-order valence-corrected chi connectivity index (χ4v) is 2.58. The first kappa shape index (κ1) is 14.5. The molecular formula is C15H17N3OS. The van der Waals surface area contributed by atoms with Crippen LogP contribution in [0.4, 0.5) is 0 Å². The van der Waals surface area contributed by atoms with Crippen LogP contribution in [-0.4, -0.2) is 18.1 Å². The summed E-state index contributed by atoms with van der Waals surface area (Å²) in [7, 11) is 0. The zero-order valence-electron chi connectivity index (χ0n) is 11.4. The third-order valence-electron chi connectivity index (χ3n) is 2.71. The van der Waals surface area contributed by atoms with Gasteiger partial charge in [0, 0.05) is 30.6 Å². The second-order valence-corrected chi connectivity index (χ2v) is 5.35. The van der Waals surface area contributed by atoms with E-state index in [-0.39, 0.29) is 6.61 Å². The molecule has 0 bridgehead atoms. The van der Waals surface area contributed by atoms with Gasteiger partial charge in [-0.05, 0) is 24.6 Å². The molecule has 0 atom stereocenters. The first-order chi connectivity index (χ1) is 9.78. The van der Waals surface area contributed by atoms with Crippen molar-refractivity contribution in [2.24, 2.45) is 0 Å². The third kappa shape index (κ3) is 4.65. The molecule has 104 valence electrons. The summed E-state index contributed by atoms with van der Waals surface area (Å²) in [6.45, 7) is 3.78. The van der Waals surface area contributed by atoms with Crippen molar-refractivity contribution in [2.45, 2.75) is 19.9 Å². The van der Waals surface area contributed by atoms with Crippen molar-refractivity contribution in [3.63, 3.8) is 0 Å². The summed E-state index contributed by atoms with van der Waals surface area (Å²) >= 11 is 1.71. The van der Waals surface area contributed by atoms with Crippen LogP contribution in [0.15, 0.2) is 29.6 Å². The quantitative estimate of drug-likeness (QED) is 0.795. The summed E-state index contributed by atoms with van der Waals surface area (Å²) in [6, 6.07) is 9.76. The molecule has 0 spiro atoms. The number of ether oxygens (including phenoxy) is 1. The largest absolute Gasteiger partial charge is 0.479 e. The summed E-state index contributed by atoms with van der Waals surface area (Å²) in [5.74, 6) is 0.737. The number of aromatic nitrogens is 1. The Labute approximate surface area is 123 Å². The smallest absolute Gasteiger partial charge is 0.174 e. The van der Waals surface area contributed by atoms with Crippen LogP contribution in [0, 0.1) is 18.3 Å². The number of hydrogen-bond acceptors (Lipinski definition) is 5. The van der Waals surface area contributed by atoms with Gasteiger partial charge >= 0.3 is 0 Å². The van der Waals surface area contributed by atoms with Gasteiger partial charge in [0.15, 0.2) is 6.61 Å². The van der Waals surface area contributed by atoms with Crippen LogP contribution in [0.5, 0.6) is 5.75 Å². The molecule has 4 nitrogen and oxygen atoms in total. The second-order valence-electron chi connectivity index (χ2n) is 4.40. The molecule has 2 aromatic rings. The maximum atomic E-state index is 8.49. The van der Waals surface area contributed by atoms with Gasteiger partial charge in [-0.3, -0.25) is 0 Å². The monoisotopic (exact) mass is 287 g/mol. The number of nitrogens with zero attached hydrogens (tertiary/aromatic N) is 2. The van der Waals surface area contributed by atoms with Gasteiger partial charge in [0.25, 0.3) is 0 Å². The third-order valence-corrected chi connectivity index (χ3v) is 3.74. The van der Waals surface area contributed by atoms with Crippen molar-refractivity contribution in [1.29, 1.82) is 5.26 Å². The summed E-state index contributed by atoms with van der Waals surface area (Å²) in [6.07, 6.45) is 0.948. The van der Waals surface area contributed by atoms with Crippen molar-refractivity contribution in [3.8, 4) is 11.8 Å². The minimum Gasteiger partial charge on any atom is -0.479 e. The number of rotatable bonds is 7. The summed E-state index contributed by atoms with van der Waals surface area (Å²) in [5, 5.41) is 15.1. The highest BCUT2D eigenvalue weighted by atomic mass is 32.1. The van der Waals surface area contributed by atoms with Crippen molar-refractivity contribution in [2.75, 3.05) is 13.2 Å². The Kier molecular flexibility index (Phi) is 5.54. The highest BCUT2D eigenvalue weighted by Gasteiger charge is 1.99. The number of nitriles is 1. The molecule has 1 heterocycles. The van der Waals surface area contributed by atoms with Gasteiger partial charge in [-0.15, -0.1) is 11.3 Å². The Bertz CT molecular complexity index is 589. The lowest BCUT2D eigenvalue weighted by Crippen LogP contribution is -2.16. The molecule has 0 aliphatic rings. The van der Waals surface area contributed by atoms with Crippen LogP contribution in [0.3, 0.4) is 0 Å². The normalized spacial score (nSPS) is 10.2. The molecule has 0 unspecified atom stereocenters. The van der Waals surface area contributed by atoms with Crippen LogP contribution in [0.2, 0.25) is 0 Å². The lowest BCUT2D eigenvalue weighted by atomic mass is 10.2. The number of aryl methyl sites for hydroxylation is 1. The van der Waals surface area contributed by atoms with Gasteiger partial charge in [-0.25, -0.2) is 4.98 Å². The van der Waals surface area contributed by atoms with Crippen LogP contribution in [0.1, 0.15) is 16.3 Å². The van der Waals surface area contributed by atoms with Gasteiger partial charge in [-0.2, -0.15) is 5.26 Å². The van der Waals surface area contributed by atoms with Crippen LogP contribution < -0.4 is 10.1 Å². The number of benzene rings is 1. The standard InChI is InChI=1S/C15H17N3OS/c1-12-11-20-15(18-12)5-7-17-10-13-3-2-4-14(9-13)19-8-6-16/h2-4,9,11,17H,5,7-8,10H2,1H3. The predicted molar refractivity (Wildman–Crippen MR) is 79.8 cm³/mol.